The summed E-state index contributed by atoms with van der Waals surface area (Å²) in [6, 6.07) is 0. The fourth-order valence-corrected chi connectivity index (χ4v) is 13.5. The first-order valence-electron chi connectivity index (χ1n) is 21.1. The van der Waals surface area contributed by atoms with Crippen molar-refractivity contribution < 1.29 is 24.0 Å². The van der Waals surface area contributed by atoms with Gasteiger partial charge in [-0.05, 0) is 64.2 Å². The van der Waals surface area contributed by atoms with E-state index in [0.29, 0.717) is 0 Å². The third-order valence-electron chi connectivity index (χ3n) is 10.7. The molecule has 0 spiro atoms. The van der Waals surface area contributed by atoms with Crippen molar-refractivity contribution in [1.82, 2.24) is 0 Å². The maximum atomic E-state index is 2.37. The second-order valence-electron chi connectivity index (χ2n) is 14.8. The fraction of sp³-hybridized carbons (Fsp3) is 1.00. The van der Waals surface area contributed by atoms with E-state index < -0.39 is 7.26 Å². The van der Waals surface area contributed by atoms with E-state index in [0.717, 1.165) is 5.66 Å². The van der Waals surface area contributed by atoms with E-state index in [-0.39, 0.29) is 24.0 Å². The first kappa shape index (κ1) is 47.3. The summed E-state index contributed by atoms with van der Waals surface area (Å²) in [5.41, 5.74) is 1.11. The van der Waals surface area contributed by atoms with Crippen LogP contribution in [0.3, 0.4) is 0 Å². The van der Waals surface area contributed by atoms with Crippen molar-refractivity contribution in [3.8, 4) is 0 Å². The lowest BCUT2D eigenvalue weighted by Crippen LogP contribution is -3.00. The quantitative estimate of drug-likeness (QED) is 0.0337. The third kappa shape index (κ3) is 29.3. The van der Waals surface area contributed by atoms with Crippen LogP contribution in [0.5, 0.6) is 0 Å². The van der Waals surface area contributed by atoms with Crippen molar-refractivity contribution in [2.24, 2.45) is 0 Å². The summed E-state index contributed by atoms with van der Waals surface area (Å²) in [5.74, 6) is 0. The van der Waals surface area contributed by atoms with Gasteiger partial charge in [-0.2, -0.15) is 0 Å². The molecule has 0 aromatic rings. The number of unbranched alkanes of at least 4 members (excludes halogenated alkanes) is 26. The lowest BCUT2D eigenvalue weighted by molar-refractivity contribution is -0.00000975. The van der Waals surface area contributed by atoms with E-state index in [1.165, 1.54) is 180 Å². The molecule has 0 radical (unpaired) electrons. The van der Waals surface area contributed by atoms with Crippen LogP contribution in [0.15, 0.2) is 0 Å². The Morgan fingerprint density at radius 1 is 0.273 bits per heavy atom. The summed E-state index contributed by atoms with van der Waals surface area (Å²) >= 11 is 0. The summed E-state index contributed by atoms with van der Waals surface area (Å²) in [7, 11) is -0.901. The van der Waals surface area contributed by atoms with Crippen LogP contribution in [-0.2, 0) is 0 Å². The number of halogens is 1. The van der Waals surface area contributed by atoms with Gasteiger partial charge < -0.3 is 24.0 Å². The van der Waals surface area contributed by atoms with Crippen LogP contribution in [0.4, 0.5) is 0 Å². The molecular formula is C42H88IP. The maximum Gasteiger partial charge on any atom is 0.0697 e. The van der Waals surface area contributed by atoms with Crippen LogP contribution in [0.1, 0.15) is 247 Å². The first-order chi connectivity index (χ1) is 21.2. The van der Waals surface area contributed by atoms with Crippen molar-refractivity contribution in [2.45, 2.75) is 252 Å². The Kier molecular flexibility index (Phi) is 41.5. The van der Waals surface area contributed by atoms with Crippen molar-refractivity contribution in [2.75, 3.05) is 18.5 Å². The van der Waals surface area contributed by atoms with Crippen LogP contribution in [0.25, 0.3) is 0 Å². The van der Waals surface area contributed by atoms with E-state index in [1.807, 2.05) is 0 Å². The van der Waals surface area contributed by atoms with Gasteiger partial charge in [0.2, 0.25) is 0 Å². The monoisotopic (exact) mass is 751 g/mol. The second-order valence-corrected chi connectivity index (χ2v) is 19.3. The third-order valence-corrected chi connectivity index (χ3v) is 16.4. The molecule has 2 heteroatoms. The molecule has 0 amide bonds. The van der Waals surface area contributed by atoms with Crippen LogP contribution < -0.4 is 24.0 Å². The fourth-order valence-electron chi connectivity index (χ4n) is 7.69. The average Bonchev–Trinajstić information content (AvgIpc) is 3.02. The number of hydrogen-bond acceptors (Lipinski definition) is 0. The van der Waals surface area contributed by atoms with E-state index in [4.69, 9.17) is 0 Å². The second kappa shape index (κ2) is 38.6. The van der Waals surface area contributed by atoms with Crippen LogP contribution in [0.2, 0.25) is 0 Å². The summed E-state index contributed by atoms with van der Waals surface area (Å²) in [4.78, 5) is 0. The van der Waals surface area contributed by atoms with Gasteiger partial charge in [-0.3, -0.25) is 0 Å². The van der Waals surface area contributed by atoms with Gasteiger partial charge in [0.05, 0.1) is 24.1 Å². The molecule has 268 valence electrons. The zero-order valence-electron chi connectivity index (χ0n) is 31.9. The summed E-state index contributed by atoms with van der Waals surface area (Å²) in [5, 5.41) is 0. The van der Waals surface area contributed by atoms with Gasteiger partial charge in [0.1, 0.15) is 0 Å². The molecule has 44 heavy (non-hydrogen) atoms. The highest BCUT2D eigenvalue weighted by atomic mass is 127. The highest BCUT2D eigenvalue weighted by Gasteiger charge is 2.43. The van der Waals surface area contributed by atoms with E-state index in [9.17, 15) is 0 Å². The summed E-state index contributed by atoms with van der Waals surface area (Å²) in [6.07, 6.45) is 54.1. The minimum atomic E-state index is -0.901. The molecule has 0 aromatic carbocycles. The van der Waals surface area contributed by atoms with Crippen molar-refractivity contribution in [3.05, 3.63) is 0 Å². The molecule has 0 aromatic heterocycles. The molecule has 0 fully saturated rings. The van der Waals surface area contributed by atoms with Crippen molar-refractivity contribution >= 4 is 7.26 Å². The Balaban J connectivity index is 0. The van der Waals surface area contributed by atoms with Crippen LogP contribution in [0, 0.1) is 0 Å². The maximum absolute atomic E-state index is 2.37. The predicted octanol–water partition coefficient (Wildman–Crippen LogP) is 13.3. The predicted molar refractivity (Wildman–Crippen MR) is 206 cm³/mol. The zero-order chi connectivity index (χ0) is 31.5. The highest BCUT2D eigenvalue weighted by molar-refractivity contribution is 7.76. The van der Waals surface area contributed by atoms with E-state index >= 15 is 0 Å². The SMILES string of the molecule is CCCCCCCCCC(CCCCCCCC)[P+](CCCCCCCC)(CCCCCCCC)CCCCCCCC.[I-]. The Morgan fingerprint density at radius 3 is 0.727 bits per heavy atom. The topological polar surface area (TPSA) is 0 Å². The van der Waals surface area contributed by atoms with Gasteiger partial charge in [0.15, 0.2) is 0 Å². The molecule has 0 saturated heterocycles. The molecule has 0 heterocycles. The lowest BCUT2D eigenvalue weighted by atomic mass is 10.0. The minimum Gasteiger partial charge on any atom is -1.00 e. The van der Waals surface area contributed by atoms with Gasteiger partial charge in [-0.1, -0.05) is 182 Å². The molecule has 0 rings (SSSR count). The van der Waals surface area contributed by atoms with Crippen LogP contribution >= 0.6 is 7.26 Å². The Hall–Kier alpha value is 1.16. The number of rotatable bonds is 37. The van der Waals surface area contributed by atoms with Gasteiger partial charge >= 0.3 is 0 Å². The molecule has 0 aliphatic rings. The standard InChI is InChI=1S/C42H88P.HI/c1-6-11-16-21-26-28-33-38-42(37-32-27-22-17-12-7-2)43(39-34-29-23-18-13-8-3,40-35-30-24-19-14-9-4)41-36-31-25-20-15-10-5;/h42H,6-41H2,1-5H3;1H/q+1;/p-1. The summed E-state index contributed by atoms with van der Waals surface area (Å²) in [6.45, 7) is 11.8. The Morgan fingerprint density at radius 2 is 0.477 bits per heavy atom. The van der Waals surface area contributed by atoms with E-state index in [2.05, 4.69) is 34.6 Å². The van der Waals surface area contributed by atoms with Crippen LogP contribution in [-0.4, -0.2) is 24.1 Å². The Bertz CT molecular complexity index is 465. The Labute approximate surface area is 300 Å². The molecule has 0 aliphatic heterocycles. The average molecular weight is 751 g/mol. The van der Waals surface area contributed by atoms with Gasteiger partial charge in [0, 0.05) is 7.26 Å². The number of hydrogen-bond donors (Lipinski definition) is 0. The molecule has 0 nitrogen and oxygen atoms in total. The molecule has 0 N–H and O–H groups in total. The molecule has 1 atom stereocenters. The molecular weight excluding hydrogens is 662 g/mol. The van der Waals surface area contributed by atoms with E-state index in [1.54, 1.807) is 50.6 Å². The van der Waals surface area contributed by atoms with Gasteiger partial charge in [-0.15, -0.1) is 0 Å². The largest absolute Gasteiger partial charge is 1.00 e. The zero-order valence-corrected chi connectivity index (χ0v) is 34.9. The highest BCUT2D eigenvalue weighted by Crippen LogP contribution is 2.67. The summed E-state index contributed by atoms with van der Waals surface area (Å²) < 4.78 is 0. The smallest absolute Gasteiger partial charge is 0.0697 e. The normalized spacial score (nSPS) is 12.5. The molecule has 1 unspecified atom stereocenters. The van der Waals surface area contributed by atoms with Gasteiger partial charge in [0.25, 0.3) is 0 Å². The molecule has 0 saturated carbocycles. The van der Waals surface area contributed by atoms with Crippen molar-refractivity contribution in [3.63, 3.8) is 0 Å². The van der Waals surface area contributed by atoms with Crippen molar-refractivity contribution in [1.29, 1.82) is 0 Å². The van der Waals surface area contributed by atoms with Gasteiger partial charge in [-0.25, -0.2) is 0 Å². The minimum absolute atomic E-state index is 0. The lowest BCUT2D eigenvalue weighted by Gasteiger charge is -2.36. The first-order valence-corrected chi connectivity index (χ1v) is 23.5. The molecule has 0 aliphatic carbocycles. The molecule has 0 bridgehead atoms.